The van der Waals surface area contributed by atoms with Crippen molar-refractivity contribution >= 4 is 0 Å². The summed E-state index contributed by atoms with van der Waals surface area (Å²) in [6.07, 6.45) is 5.13. The molecule has 1 aromatic carbocycles. The Morgan fingerprint density at radius 3 is 2.93 bits per heavy atom. The van der Waals surface area contributed by atoms with Crippen LogP contribution in [-0.4, -0.2) is 13.1 Å². The van der Waals surface area contributed by atoms with Crippen LogP contribution >= 0.6 is 0 Å². The first-order chi connectivity index (χ1) is 7.19. The van der Waals surface area contributed by atoms with Gasteiger partial charge in [0.05, 0.1) is 6.54 Å². The van der Waals surface area contributed by atoms with Gasteiger partial charge in [0.2, 0.25) is 0 Å². The van der Waals surface area contributed by atoms with Crippen molar-refractivity contribution in [2.24, 2.45) is 5.73 Å². The molecular formula is C12H15FN2. The summed E-state index contributed by atoms with van der Waals surface area (Å²) in [6, 6.07) is 4.75. The number of terminal acetylenes is 1. The van der Waals surface area contributed by atoms with Crippen LogP contribution in [0.3, 0.4) is 0 Å². The molecule has 1 aromatic rings. The lowest BCUT2D eigenvalue weighted by molar-refractivity contribution is 0.529. The Hall–Kier alpha value is -1.37. The van der Waals surface area contributed by atoms with Crippen LogP contribution in [0, 0.1) is 25.1 Å². The summed E-state index contributed by atoms with van der Waals surface area (Å²) in [5, 5.41) is 3.00. The van der Waals surface area contributed by atoms with Gasteiger partial charge in [-0.3, -0.25) is 5.32 Å². The second kappa shape index (κ2) is 5.50. The Kier molecular flexibility index (Phi) is 4.29. The number of rotatable bonds is 4. The zero-order chi connectivity index (χ0) is 11.3. The standard InChI is InChI=1S/C12H15FN2/c1-3-6-15-12(8-14)10-7-9(2)4-5-11(10)13/h1,4-5,7,12,15H,6,8,14H2,2H3. The molecule has 0 amide bonds. The fourth-order valence-corrected chi connectivity index (χ4v) is 1.43. The van der Waals surface area contributed by atoms with E-state index in [1.54, 1.807) is 12.1 Å². The molecule has 0 heterocycles. The summed E-state index contributed by atoms with van der Waals surface area (Å²) >= 11 is 0. The van der Waals surface area contributed by atoms with Crippen molar-refractivity contribution in [3.8, 4) is 12.3 Å². The topological polar surface area (TPSA) is 38.0 Å². The van der Waals surface area contributed by atoms with E-state index in [0.717, 1.165) is 5.56 Å². The maximum absolute atomic E-state index is 13.5. The molecule has 1 rings (SSSR count). The smallest absolute Gasteiger partial charge is 0.128 e. The quantitative estimate of drug-likeness (QED) is 0.730. The highest BCUT2D eigenvalue weighted by atomic mass is 19.1. The summed E-state index contributed by atoms with van der Waals surface area (Å²) in [4.78, 5) is 0. The normalized spacial score (nSPS) is 12.1. The molecular weight excluding hydrogens is 191 g/mol. The molecule has 1 atom stereocenters. The predicted molar refractivity (Wildman–Crippen MR) is 59.8 cm³/mol. The molecule has 80 valence electrons. The van der Waals surface area contributed by atoms with Gasteiger partial charge in [0.15, 0.2) is 0 Å². The molecule has 15 heavy (non-hydrogen) atoms. The van der Waals surface area contributed by atoms with Gasteiger partial charge < -0.3 is 5.73 Å². The Bertz CT molecular complexity index is 368. The third-order valence-electron chi connectivity index (χ3n) is 2.21. The first-order valence-electron chi connectivity index (χ1n) is 4.82. The Morgan fingerprint density at radius 1 is 1.60 bits per heavy atom. The molecule has 0 radical (unpaired) electrons. The molecule has 0 spiro atoms. The van der Waals surface area contributed by atoms with E-state index in [-0.39, 0.29) is 11.9 Å². The van der Waals surface area contributed by atoms with E-state index in [1.807, 2.05) is 6.92 Å². The second-order valence-corrected chi connectivity index (χ2v) is 3.40. The van der Waals surface area contributed by atoms with Gasteiger partial charge in [-0.1, -0.05) is 23.6 Å². The second-order valence-electron chi connectivity index (χ2n) is 3.40. The average Bonchev–Trinajstić information content (AvgIpc) is 2.24. The third kappa shape index (κ3) is 3.05. The first-order valence-corrected chi connectivity index (χ1v) is 4.82. The van der Waals surface area contributed by atoms with Gasteiger partial charge in [-0.05, 0) is 13.0 Å². The molecule has 0 aliphatic rings. The van der Waals surface area contributed by atoms with Gasteiger partial charge in [0, 0.05) is 18.2 Å². The number of nitrogens with one attached hydrogen (secondary N) is 1. The van der Waals surface area contributed by atoms with Crippen molar-refractivity contribution in [3.05, 3.63) is 35.1 Å². The lowest BCUT2D eigenvalue weighted by Crippen LogP contribution is -2.29. The molecule has 0 aliphatic carbocycles. The van der Waals surface area contributed by atoms with Gasteiger partial charge in [0.1, 0.15) is 5.82 Å². The van der Waals surface area contributed by atoms with Crippen molar-refractivity contribution in [2.75, 3.05) is 13.1 Å². The minimum absolute atomic E-state index is 0.221. The largest absolute Gasteiger partial charge is 0.329 e. The van der Waals surface area contributed by atoms with Crippen molar-refractivity contribution < 1.29 is 4.39 Å². The summed E-state index contributed by atoms with van der Waals surface area (Å²) in [5.41, 5.74) is 7.15. The van der Waals surface area contributed by atoms with Gasteiger partial charge in [-0.25, -0.2) is 4.39 Å². The van der Waals surface area contributed by atoms with Gasteiger partial charge in [-0.2, -0.15) is 0 Å². The first kappa shape index (κ1) is 11.7. The van der Waals surface area contributed by atoms with E-state index in [1.165, 1.54) is 6.07 Å². The SMILES string of the molecule is C#CCNC(CN)c1cc(C)ccc1F. The summed E-state index contributed by atoms with van der Waals surface area (Å²) < 4.78 is 13.5. The van der Waals surface area contributed by atoms with Crippen LogP contribution in [-0.2, 0) is 0 Å². The van der Waals surface area contributed by atoms with Gasteiger partial charge in [-0.15, -0.1) is 6.42 Å². The number of nitrogens with two attached hydrogens (primary N) is 1. The monoisotopic (exact) mass is 206 g/mol. The van der Waals surface area contributed by atoms with Crippen molar-refractivity contribution in [2.45, 2.75) is 13.0 Å². The number of hydrogen-bond donors (Lipinski definition) is 2. The van der Waals surface area contributed by atoms with E-state index in [0.29, 0.717) is 18.7 Å². The Balaban J connectivity index is 2.91. The van der Waals surface area contributed by atoms with Crippen molar-refractivity contribution in [1.29, 1.82) is 0 Å². The molecule has 2 nitrogen and oxygen atoms in total. The zero-order valence-electron chi connectivity index (χ0n) is 8.76. The fourth-order valence-electron chi connectivity index (χ4n) is 1.43. The number of benzene rings is 1. The summed E-state index contributed by atoms with van der Waals surface area (Å²) in [6.45, 7) is 2.62. The fraction of sp³-hybridized carbons (Fsp3) is 0.333. The number of aryl methyl sites for hydroxylation is 1. The van der Waals surface area contributed by atoms with E-state index in [9.17, 15) is 4.39 Å². The predicted octanol–water partition coefficient (Wildman–Crippen LogP) is 1.36. The average molecular weight is 206 g/mol. The molecule has 0 saturated heterocycles. The maximum Gasteiger partial charge on any atom is 0.128 e. The summed E-state index contributed by atoms with van der Waals surface area (Å²) in [7, 11) is 0. The molecule has 3 N–H and O–H groups in total. The molecule has 0 fully saturated rings. The zero-order valence-corrected chi connectivity index (χ0v) is 8.76. The van der Waals surface area contributed by atoms with Crippen LogP contribution in [0.25, 0.3) is 0 Å². The minimum Gasteiger partial charge on any atom is -0.329 e. The molecule has 0 bridgehead atoms. The van der Waals surface area contributed by atoms with Crippen LogP contribution in [0.1, 0.15) is 17.2 Å². The lowest BCUT2D eigenvalue weighted by atomic mass is 10.0. The van der Waals surface area contributed by atoms with Gasteiger partial charge in [0.25, 0.3) is 0 Å². The molecule has 1 unspecified atom stereocenters. The van der Waals surface area contributed by atoms with Crippen molar-refractivity contribution in [1.82, 2.24) is 5.32 Å². The maximum atomic E-state index is 13.5. The van der Waals surface area contributed by atoms with Gasteiger partial charge >= 0.3 is 0 Å². The number of halogens is 1. The highest BCUT2D eigenvalue weighted by Crippen LogP contribution is 2.17. The molecule has 3 heteroatoms. The third-order valence-corrected chi connectivity index (χ3v) is 2.21. The van der Waals surface area contributed by atoms with E-state index < -0.39 is 0 Å². The molecule has 0 aliphatic heterocycles. The van der Waals surface area contributed by atoms with E-state index in [4.69, 9.17) is 12.2 Å². The van der Waals surface area contributed by atoms with Crippen LogP contribution in [0.5, 0.6) is 0 Å². The van der Waals surface area contributed by atoms with E-state index >= 15 is 0 Å². The van der Waals surface area contributed by atoms with Crippen LogP contribution < -0.4 is 11.1 Å². The van der Waals surface area contributed by atoms with Crippen molar-refractivity contribution in [3.63, 3.8) is 0 Å². The minimum atomic E-state index is -0.249. The summed E-state index contributed by atoms with van der Waals surface area (Å²) in [5.74, 6) is 2.20. The number of hydrogen-bond acceptors (Lipinski definition) is 2. The lowest BCUT2D eigenvalue weighted by Gasteiger charge is -2.16. The van der Waals surface area contributed by atoms with Crippen LogP contribution in [0.4, 0.5) is 4.39 Å². The Morgan fingerprint density at radius 2 is 2.33 bits per heavy atom. The molecule has 0 aromatic heterocycles. The Labute approximate surface area is 89.7 Å². The molecule has 0 saturated carbocycles. The van der Waals surface area contributed by atoms with Crippen LogP contribution in [0.15, 0.2) is 18.2 Å². The highest BCUT2D eigenvalue weighted by molar-refractivity contribution is 5.27. The van der Waals surface area contributed by atoms with Crippen LogP contribution in [0.2, 0.25) is 0 Å². The highest BCUT2D eigenvalue weighted by Gasteiger charge is 2.12. The van der Waals surface area contributed by atoms with E-state index in [2.05, 4.69) is 11.2 Å².